The quantitative estimate of drug-likeness (QED) is 0.506. The Bertz CT molecular complexity index is 662. The molecule has 3 heterocycles. The standard InChI is InChI=1S/C17H24N4O2/c1-2-3-7-18-17(22)16-19-14(13-20-9-11-23-12-10-20)15-6-4-5-8-21(15)16/h4-6,8H,2-3,7,9-13H2,1H3,(H,18,22)/p+2. The molecule has 6 nitrogen and oxygen atoms in total. The van der Waals surface area contributed by atoms with E-state index in [1.807, 2.05) is 22.7 Å². The van der Waals surface area contributed by atoms with Crippen LogP contribution in [0.3, 0.4) is 0 Å². The zero-order valence-electron chi connectivity index (χ0n) is 13.7. The summed E-state index contributed by atoms with van der Waals surface area (Å²) in [5, 5.41) is 2.99. The van der Waals surface area contributed by atoms with Crippen LogP contribution in [0.2, 0.25) is 0 Å². The molecule has 1 amide bonds. The van der Waals surface area contributed by atoms with Gasteiger partial charge in [0.1, 0.15) is 19.6 Å². The predicted octanol–water partition coefficient (Wildman–Crippen LogP) is -0.302. The Morgan fingerprint density at radius 1 is 1.39 bits per heavy atom. The van der Waals surface area contributed by atoms with Crippen LogP contribution in [0.4, 0.5) is 0 Å². The number of carbonyl (C=O) groups is 1. The van der Waals surface area contributed by atoms with Crippen LogP contribution in [0.25, 0.3) is 5.52 Å². The van der Waals surface area contributed by atoms with Gasteiger partial charge in [-0.05, 0) is 18.6 Å². The lowest BCUT2D eigenvalue weighted by Gasteiger charge is -2.22. The second kappa shape index (κ2) is 7.57. The van der Waals surface area contributed by atoms with Crippen LogP contribution in [0.15, 0.2) is 24.4 Å². The number of fused-ring (bicyclic) bond motifs is 1. The summed E-state index contributed by atoms with van der Waals surface area (Å²) in [4.78, 5) is 17.3. The van der Waals surface area contributed by atoms with Gasteiger partial charge in [-0.25, -0.2) is 4.98 Å². The van der Waals surface area contributed by atoms with Gasteiger partial charge < -0.3 is 15.0 Å². The Morgan fingerprint density at radius 3 is 3.00 bits per heavy atom. The molecule has 1 aliphatic rings. The Morgan fingerprint density at radius 2 is 2.22 bits per heavy atom. The van der Waals surface area contributed by atoms with Crippen LogP contribution >= 0.6 is 0 Å². The van der Waals surface area contributed by atoms with E-state index < -0.39 is 0 Å². The number of pyridine rings is 1. The van der Waals surface area contributed by atoms with Gasteiger partial charge in [0.2, 0.25) is 5.69 Å². The maximum absolute atomic E-state index is 12.4. The normalized spacial score (nSPS) is 15.9. The zero-order chi connectivity index (χ0) is 16.1. The van der Waals surface area contributed by atoms with E-state index in [1.54, 1.807) is 0 Å². The van der Waals surface area contributed by atoms with Crippen LogP contribution in [-0.2, 0) is 11.3 Å². The highest BCUT2D eigenvalue weighted by atomic mass is 16.5. The zero-order valence-corrected chi connectivity index (χ0v) is 13.7. The van der Waals surface area contributed by atoms with Crippen LogP contribution in [0, 0.1) is 0 Å². The molecule has 0 atom stereocenters. The maximum atomic E-state index is 12.4. The van der Waals surface area contributed by atoms with Crippen molar-refractivity contribution in [3.8, 4) is 0 Å². The highest BCUT2D eigenvalue weighted by Crippen LogP contribution is 2.05. The van der Waals surface area contributed by atoms with Crippen molar-refractivity contribution >= 4 is 11.4 Å². The monoisotopic (exact) mass is 318 g/mol. The average Bonchev–Trinajstić information content (AvgIpc) is 2.95. The summed E-state index contributed by atoms with van der Waals surface area (Å²) < 4.78 is 7.38. The minimum absolute atomic E-state index is 0.0390. The predicted molar refractivity (Wildman–Crippen MR) is 86.4 cm³/mol. The number of unbranched alkanes of at least 4 members (excludes halogenated alkanes) is 1. The third-order valence-corrected chi connectivity index (χ3v) is 4.34. The number of rotatable bonds is 6. The molecular weight excluding hydrogens is 292 g/mol. The molecular formula is C17H26N4O2+2. The van der Waals surface area contributed by atoms with E-state index in [2.05, 4.69) is 23.3 Å². The van der Waals surface area contributed by atoms with Crippen molar-refractivity contribution in [1.82, 2.24) is 10.3 Å². The van der Waals surface area contributed by atoms with Crippen molar-refractivity contribution in [2.24, 2.45) is 0 Å². The topological polar surface area (TPSA) is 62.7 Å². The lowest BCUT2D eigenvalue weighted by molar-refractivity contribution is -0.921. The van der Waals surface area contributed by atoms with E-state index in [1.165, 1.54) is 4.90 Å². The van der Waals surface area contributed by atoms with E-state index >= 15 is 0 Å². The molecule has 6 heteroatoms. The molecule has 124 valence electrons. The van der Waals surface area contributed by atoms with E-state index in [0.29, 0.717) is 12.4 Å². The van der Waals surface area contributed by atoms with Crippen molar-refractivity contribution < 1.29 is 18.8 Å². The first-order chi connectivity index (χ1) is 11.3. The Kier molecular flexibility index (Phi) is 5.25. The minimum atomic E-state index is -0.0390. The molecule has 2 aromatic heterocycles. The number of carbonyl (C=O) groups excluding carboxylic acids is 1. The van der Waals surface area contributed by atoms with Crippen molar-refractivity contribution in [2.75, 3.05) is 32.8 Å². The Labute approximate surface area is 136 Å². The van der Waals surface area contributed by atoms with Gasteiger partial charge in [0.25, 0.3) is 0 Å². The molecule has 1 fully saturated rings. The number of H-pyrrole nitrogens is 1. The van der Waals surface area contributed by atoms with Gasteiger partial charge in [-0.15, -0.1) is 0 Å². The molecule has 0 aliphatic carbocycles. The number of ether oxygens (including phenoxy) is 1. The molecule has 0 unspecified atom stereocenters. The number of amides is 1. The van der Waals surface area contributed by atoms with Crippen LogP contribution in [0.5, 0.6) is 0 Å². The van der Waals surface area contributed by atoms with Crippen LogP contribution < -0.4 is 14.6 Å². The van der Waals surface area contributed by atoms with Gasteiger partial charge in [-0.2, -0.15) is 4.40 Å². The number of nitrogens with zero attached hydrogens (tertiary/aromatic N) is 1. The summed E-state index contributed by atoms with van der Waals surface area (Å²) in [6, 6.07) is 6.03. The van der Waals surface area contributed by atoms with Gasteiger partial charge in [0.15, 0.2) is 5.52 Å². The summed E-state index contributed by atoms with van der Waals surface area (Å²) in [5.41, 5.74) is 2.19. The smallest absolute Gasteiger partial charge is 0.351 e. The number of aromatic amines is 1. The lowest BCUT2D eigenvalue weighted by Crippen LogP contribution is -3.12. The molecule has 1 aliphatic heterocycles. The summed E-state index contributed by atoms with van der Waals surface area (Å²) in [5.74, 6) is 0.572. The van der Waals surface area contributed by atoms with Gasteiger partial charge >= 0.3 is 11.7 Å². The van der Waals surface area contributed by atoms with Crippen molar-refractivity contribution in [2.45, 2.75) is 26.3 Å². The SMILES string of the molecule is CCCCNC(=O)c1[nH]c(C[NH+]2CCOCC2)c2cccc[n+]12. The van der Waals surface area contributed by atoms with Gasteiger partial charge in [0, 0.05) is 6.54 Å². The Balaban J connectivity index is 1.82. The van der Waals surface area contributed by atoms with E-state index in [4.69, 9.17) is 4.74 Å². The second-order valence-electron chi connectivity index (χ2n) is 6.06. The second-order valence-corrected chi connectivity index (χ2v) is 6.06. The lowest BCUT2D eigenvalue weighted by atomic mass is 10.3. The largest absolute Gasteiger partial charge is 0.370 e. The van der Waals surface area contributed by atoms with E-state index in [-0.39, 0.29) is 5.91 Å². The van der Waals surface area contributed by atoms with Crippen molar-refractivity contribution in [3.05, 3.63) is 35.9 Å². The first-order valence-corrected chi connectivity index (χ1v) is 8.50. The molecule has 0 radical (unpaired) electrons. The first kappa shape index (κ1) is 16.0. The summed E-state index contributed by atoms with van der Waals surface area (Å²) >= 11 is 0. The fraction of sp³-hybridized carbons (Fsp3) is 0.529. The number of morpholine rings is 1. The number of aromatic nitrogens is 2. The number of quaternary nitrogens is 1. The van der Waals surface area contributed by atoms with Crippen molar-refractivity contribution in [1.29, 1.82) is 0 Å². The Hall–Kier alpha value is -1.92. The molecule has 2 aromatic rings. The van der Waals surface area contributed by atoms with E-state index in [0.717, 1.165) is 56.9 Å². The average molecular weight is 318 g/mol. The molecule has 0 saturated carbocycles. The molecule has 0 bridgehead atoms. The fourth-order valence-electron chi connectivity index (χ4n) is 3.00. The summed E-state index contributed by atoms with van der Waals surface area (Å²) in [7, 11) is 0. The van der Waals surface area contributed by atoms with Crippen LogP contribution in [0.1, 0.15) is 36.1 Å². The highest BCUT2D eigenvalue weighted by molar-refractivity contribution is 5.89. The summed E-state index contributed by atoms with van der Waals surface area (Å²) in [6.45, 7) is 7.36. The van der Waals surface area contributed by atoms with Gasteiger partial charge in [0.05, 0.1) is 19.4 Å². The number of hydrogen-bond donors (Lipinski definition) is 3. The molecule has 0 aromatic carbocycles. The number of nitrogens with one attached hydrogen (secondary N) is 3. The summed E-state index contributed by atoms with van der Waals surface area (Å²) in [6.07, 6.45) is 4.02. The molecule has 1 saturated heterocycles. The third kappa shape index (κ3) is 3.71. The number of hydrogen-bond acceptors (Lipinski definition) is 2. The minimum Gasteiger partial charge on any atom is -0.370 e. The molecule has 0 spiro atoms. The highest BCUT2D eigenvalue weighted by Gasteiger charge is 2.27. The molecule has 23 heavy (non-hydrogen) atoms. The molecule has 3 rings (SSSR count). The fourth-order valence-corrected chi connectivity index (χ4v) is 3.00. The maximum Gasteiger partial charge on any atom is 0.351 e. The van der Waals surface area contributed by atoms with Gasteiger partial charge in [-0.3, -0.25) is 4.79 Å². The third-order valence-electron chi connectivity index (χ3n) is 4.34. The van der Waals surface area contributed by atoms with E-state index in [9.17, 15) is 4.79 Å². The number of imidazole rings is 1. The van der Waals surface area contributed by atoms with Crippen LogP contribution in [-0.4, -0.2) is 43.7 Å². The first-order valence-electron chi connectivity index (χ1n) is 8.50. The van der Waals surface area contributed by atoms with Gasteiger partial charge in [-0.1, -0.05) is 19.4 Å². The van der Waals surface area contributed by atoms with Crippen molar-refractivity contribution in [3.63, 3.8) is 0 Å². The molecule has 3 N–H and O–H groups in total.